The molecule has 0 aliphatic carbocycles. The first-order valence-corrected chi connectivity index (χ1v) is 9.73. The van der Waals surface area contributed by atoms with Crippen molar-refractivity contribution < 1.29 is 9.47 Å². The van der Waals surface area contributed by atoms with Gasteiger partial charge in [0, 0.05) is 47.0 Å². The summed E-state index contributed by atoms with van der Waals surface area (Å²) in [4.78, 5) is 17.9. The number of nitrogens with one attached hydrogen (secondary N) is 2. The normalized spacial score (nSPS) is 10.6. The van der Waals surface area contributed by atoms with Crippen LogP contribution in [-0.2, 0) is 13.1 Å². The Bertz CT molecular complexity index is 956. The van der Waals surface area contributed by atoms with Crippen LogP contribution in [0.4, 0.5) is 11.6 Å². The SMILES string of the molecule is COc1c(C)cnc(CNc2nccnc2NCc2ncc(C)c(OC)c2C)c1C. The molecule has 0 fully saturated rings. The Hall–Kier alpha value is -3.42. The maximum Gasteiger partial charge on any atom is 0.169 e. The van der Waals surface area contributed by atoms with E-state index in [0.29, 0.717) is 24.7 Å². The van der Waals surface area contributed by atoms with Gasteiger partial charge in [0.15, 0.2) is 11.6 Å². The van der Waals surface area contributed by atoms with Crippen LogP contribution >= 0.6 is 0 Å². The second kappa shape index (κ2) is 9.39. The molecule has 0 aliphatic rings. The molecule has 0 saturated carbocycles. The van der Waals surface area contributed by atoms with Gasteiger partial charge in [-0.2, -0.15) is 0 Å². The van der Waals surface area contributed by atoms with Crippen LogP contribution in [0.1, 0.15) is 33.6 Å². The molecule has 0 bridgehead atoms. The Morgan fingerprint density at radius 3 is 1.43 bits per heavy atom. The summed E-state index contributed by atoms with van der Waals surface area (Å²) in [5.41, 5.74) is 5.84. The van der Waals surface area contributed by atoms with Crippen molar-refractivity contribution in [2.75, 3.05) is 24.9 Å². The molecular formula is C22H28N6O2. The van der Waals surface area contributed by atoms with Gasteiger partial charge in [-0.25, -0.2) is 9.97 Å². The molecule has 0 unspecified atom stereocenters. The first-order chi connectivity index (χ1) is 14.5. The average molecular weight is 409 g/mol. The van der Waals surface area contributed by atoms with Crippen LogP contribution in [0.2, 0.25) is 0 Å². The molecule has 3 aromatic rings. The van der Waals surface area contributed by atoms with Crippen LogP contribution in [-0.4, -0.2) is 34.2 Å². The van der Waals surface area contributed by atoms with Gasteiger partial charge in [0.2, 0.25) is 0 Å². The van der Waals surface area contributed by atoms with E-state index in [1.807, 2.05) is 40.1 Å². The van der Waals surface area contributed by atoms with E-state index in [9.17, 15) is 0 Å². The number of methoxy groups -OCH3 is 2. The van der Waals surface area contributed by atoms with Gasteiger partial charge in [0.25, 0.3) is 0 Å². The minimum absolute atomic E-state index is 0.505. The number of aromatic nitrogens is 4. The number of rotatable bonds is 8. The number of pyridine rings is 2. The topological polar surface area (TPSA) is 94.1 Å². The molecule has 158 valence electrons. The van der Waals surface area contributed by atoms with Crippen LogP contribution in [0, 0.1) is 27.7 Å². The Balaban J connectivity index is 1.75. The van der Waals surface area contributed by atoms with E-state index >= 15 is 0 Å². The Morgan fingerprint density at radius 2 is 1.07 bits per heavy atom. The first kappa shape index (κ1) is 21.3. The van der Waals surface area contributed by atoms with Crippen molar-refractivity contribution in [1.29, 1.82) is 0 Å². The van der Waals surface area contributed by atoms with Gasteiger partial charge in [-0.05, 0) is 27.7 Å². The minimum Gasteiger partial charge on any atom is -0.496 e. The molecule has 0 radical (unpaired) electrons. The summed E-state index contributed by atoms with van der Waals surface area (Å²) in [6, 6.07) is 0. The molecule has 8 heteroatoms. The number of nitrogens with zero attached hydrogens (tertiary/aromatic N) is 4. The predicted octanol–water partition coefficient (Wildman–Crippen LogP) is 3.74. The van der Waals surface area contributed by atoms with Gasteiger partial charge in [0.05, 0.1) is 38.7 Å². The molecule has 0 aliphatic heterocycles. The summed E-state index contributed by atoms with van der Waals surface area (Å²) < 4.78 is 11.0. The third kappa shape index (κ3) is 4.42. The number of aryl methyl sites for hydroxylation is 2. The highest BCUT2D eigenvalue weighted by Crippen LogP contribution is 2.26. The van der Waals surface area contributed by atoms with Crippen molar-refractivity contribution >= 4 is 11.6 Å². The lowest BCUT2D eigenvalue weighted by Gasteiger charge is -2.16. The zero-order valence-corrected chi connectivity index (χ0v) is 18.3. The fourth-order valence-corrected chi connectivity index (χ4v) is 3.43. The highest BCUT2D eigenvalue weighted by atomic mass is 16.5. The highest BCUT2D eigenvalue weighted by molar-refractivity contribution is 5.59. The largest absolute Gasteiger partial charge is 0.496 e. The molecule has 0 amide bonds. The summed E-state index contributed by atoms with van der Waals surface area (Å²) in [6.07, 6.45) is 6.94. The Labute approximate surface area is 177 Å². The van der Waals surface area contributed by atoms with Gasteiger partial charge >= 0.3 is 0 Å². The number of hydrogen-bond donors (Lipinski definition) is 2. The van der Waals surface area contributed by atoms with Gasteiger partial charge in [-0.15, -0.1) is 0 Å². The number of hydrogen-bond acceptors (Lipinski definition) is 8. The number of anilines is 2. The lowest BCUT2D eigenvalue weighted by molar-refractivity contribution is 0.407. The van der Waals surface area contributed by atoms with Gasteiger partial charge < -0.3 is 20.1 Å². The lowest BCUT2D eigenvalue weighted by atomic mass is 10.1. The predicted molar refractivity (Wildman–Crippen MR) is 117 cm³/mol. The third-order valence-corrected chi connectivity index (χ3v) is 5.04. The Kier molecular flexibility index (Phi) is 6.66. The van der Waals surface area contributed by atoms with Crippen molar-refractivity contribution in [3.8, 4) is 11.5 Å². The number of ether oxygens (including phenoxy) is 2. The van der Waals surface area contributed by atoms with Crippen molar-refractivity contribution in [1.82, 2.24) is 19.9 Å². The molecule has 3 rings (SSSR count). The summed E-state index contributed by atoms with van der Waals surface area (Å²) in [5.74, 6) is 3.01. The van der Waals surface area contributed by atoms with Crippen LogP contribution in [0.25, 0.3) is 0 Å². The van der Waals surface area contributed by atoms with Crippen molar-refractivity contribution in [2.24, 2.45) is 0 Å². The fourth-order valence-electron chi connectivity index (χ4n) is 3.43. The molecule has 0 atom stereocenters. The van der Waals surface area contributed by atoms with Gasteiger partial charge in [-0.1, -0.05) is 0 Å². The van der Waals surface area contributed by atoms with Crippen LogP contribution in [0.3, 0.4) is 0 Å². The summed E-state index contributed by atoms with van der Waals surface area (Å²) in [7, 11) is 3.35. The molecule has 0 aromatic carbocycles. The maximum atomic E-state index is 5.49. The Morgan fingerprint density at radius 1 is 0.667 bits per heavy atom. The molecule has 8 nitrogen and oxygen atoms in total. The first-order valence-electron chi connectivity index (χ1n) is 9.73. The molecule has 3 heterocycles. The van der Waals surface area contributed by atoms with E-state index in [-0.39, 0.29) is 0 Å². The third-order valence-electron chi connectivity index (χ3n) is 5.04. The molecule has 30 heavy (non-hydrogen) atoms. The maximum absolute atomic E-state index is 5.49. The van der Waals surface area contributed by atoms with E-state index in [1.54, 1.807) is 26.6 Å². The standard InChI is InChI=1S/C22H28N6O2/c1-13-9-25-17(15(3)19(13)29-5)11-27-21-22(24-8-7-23-21)28-12-18-16(4)20(30-6)14(2)10-26-18/h7-10H,11-12H2,1-6H3,(H,23,27)(H,24,28). The van der Waals surface area contributed by atoms with Gasteiger partial charge in [0.1, 0.15) is 11.5 Å². The highest BCUT2D eigenvalue weighted by Gasteiger charge is 2.13. The lowest BCUT2D eigenvalue weighted by Crippen LogP contribution is -2.12. The van der Waals surface area contributed by atoms with E-state index in [4.69, 9.17) is 9.47 Å². The van der Waals surface area contributed by atoms with Crippen LogP contribution in [0.15, 0.2) is 24.8 Å². The van der Waals surface area contributed by atoms with E-state index in [0.717, 1.165) is 45.1 Å². The average Bonchev–Trinajstić information content (AvgIpc) is 2.74. The smallest absolute Gasteiger partial charge is 0.169 e. The van der Waals surface area contributed by atoms with Gasteiger partial charge in [-0.3, -0.25) is 9.97 Å². The molecular weight excluding hydrogens is 380 g/mol. The monoisotopic (exact) mass is 408 g/mol. The summed E-state index contributed by atoms with van der Waals surface area (Å²) in [5, 5.41) is 6.65. The van der Waals surface area contributed by atoms with E-state index < -0.39 is 0 Å². The molecule has 0 saturated heterocycles. The second-order valence-corrected chi connectivity index (χ2v) is 7.05. The van der Waals surface area contributed by atoms with E-state index in [2.05, 4.69) is 30.6 Å². The summed E-state index contributed by atoms with van der Waals surface area (Å²) in [6.45, 7) is 8.99. The zero-order valence-electron chi connectivity index (χ0n) is 18.3. The van der Waals surface area contributed by atoms with E-state index in [1.165, 1.54) is 0 Å². The minimum atomic E-state index is 0.505. The van der Waals surface area contributed by atoms with Crippen LogP contribution in [0.5, 0.6) is 11.5 Å². The van der Waals surface area contributed by atoms with Crippen molar-refractivity contribution in [3.05, 3.63) is 58.4 Å². The molecule has 3 aromatic heterocycles. The van der Waals surface area contributed by atoms with Crippen molar-refractivity contribution in [3.63, 3.8) is 0 Å². The quantitative estimate of drug-likeness (QED) is 0.582. The zero-order chi connectivity index (χ0) is 21.7. The molecule has 2 N–H and O–H groups in total. The molecule has 0 spiro atoms. The van der Waals surface area contributed by atoms with Crippen LogP contribution < -0.4 is 20.1 Å². The van der Waals surface area contributed by atoms with Crippen molar-refractivity contribution in [2.45, 2.75) is 40.8 Å². The second-order valence-electron chi connectivity index (χ2n) is 7.05. The fraction of sp³-hybridized carbons (Fsp3) is 0.364. The summed E-state index contributed by atoms with van der Waals surface area (Å²) >= 11 is 0.